The van der Waals surface area contributed by atoms with Crippen LogP contribution >= 0.6 is 11.3 Å². The van der Waals surface area contributed by atoms with Crippen LogP contribution in [0.4, 0.5) is 5.13 Å². The second-order valence-electron chi connectivity index (χ2n) is 4.26. The van der Waals surface area contributed by atoms with Gasteiger partial charge in [-0.3, -0.25) is 4.79 Å². The molecule has 2 rings (SSSR count). The number of ether oxygens (including phenoxy) is 2. The maximum atomic E-state index is 12.1. The van der Waals surface area contributed by atoms with Crippen molar-refractivity contribution in [3.05, 3.63) is 28.8 Å². The van der Waals surface area contributed by atoms with Gasteiger partial charge in [-0.25, -0.2) is 0 Å². The molecule has 0 atom stereocenters. The normalized spacial score (nSPS) is 10.2. The standard InChI is InChI=1S/C14H17N3O3S/c1-4-13-16-17-14(21-13)15-12(18)8-9-7-10(19-2)5-6-11(9)20-3/h5-7H,4,8H2,1-3H3,(H,15,17,18). The highest BCUT2D eigenvalue weighted by atomic mass is 32.1. The van der Waals surface area contributed by atoms with E-state index < -0.39 is 0 Å². The summed E-state index contributed by atoms with van der Waals surface area (Å²) >= 11 is 1.38. The Morgan fingerprint density at radius 1 is 1.29 bits per heavy atom. The van der Waals surface area contributed by atoms with Crippen LogP contribution < -0.4 is 14.8 Å². The van der Waals surface area contributed by atoms with Crippen LogP contribution in [0.1, 0.15) is 17.5 Å². The molecule has 0 saturated carbocycles. The van der Waals surface area contributed by atoms with Crippen LogP contribution in [0.5, 0.6) is 11.5 Å². The lowest BCUT2D eigenvalue weighted by atomic mass is 10.1. The number of hydrogen-bond donors (Lipinski definition) is 1. The van der Waals surface area contributed by atoms with Crippen LogP contribution in [0.25, 0.3) is 0 Å². The Morgan fingerprint density at radius 2 is 2.10 bits per heavy atom. The summed E-state index contributed by atoms with van der Waals surface area (Å²) in [6.45, 7) is 1.99. The van der Waals surface area contributed by atoms with Gasteiger partial charge in [0.15, 0.2) is 0 Å². The molecule has 0 unspecified atom stereocenters. The first-order chi connectivity index (χ1) is 10.2. The Balaban J connectivity index is 2.07. The molecule has 0 aliphatic carbocycles. The van der Waals surface area contributed by atoms with Gasteiger partial charge in [0.05, 0.1) is 20.6 Å². The Kier molecular flexibility index (Phi) is 5.10. The SMILES string of the molecule is CCc1nnc(NC(=O)Cc2cc(OC)ccc2OC)s1. The van der Waals surface area contributed by atoms with E-state index in [-0.39, 0.29) is 12.3 Å². The van der Waals surface area contributed by atoms with Crippen LogP contribution in [0.2, 0.25) is 0 Å². The van der Waals surface area contributed by atoms with Crippen LogP contribution in [-0.4, -0.2) is 30.3 Å². The van der Waals surface area contributed by atoms with Crippen molar-refractivity contribution in [3.63, 3.8) is 0 Å². The van der Waals surface area contributed by atoms with E-state index >= 15 is 0 Å². The predicted octanol–water partition coefficient (Wildman–Crippen LogP) is 2.30. The van der Waals surface area contributed by atoms with E-state index in [0.717, 1.165) is 17.0 Å². The molecule has 0 spiro atoms. The summed E-state index contributed by atoms with van der Waals surface area (Å²) in [6, 6.07) is 5.36. The van der Waals surface area contributed by atoms with Gasteiger partial charge in [-0.1, -0.05) is 18.3 Å². The van der Waals surface area contributed by atoms with Gasteiger partial charge in [-0.05, 0) is 24.6 Å². The fourth-order valence-electron chi connectivity index (χ4n) is 1.80. The van der Waals surface area contributed by atoms with Crippen LogP contribution in [0, 0.1) is 0 Å². The number of hydrogen-bond acceptors (Lipinski definition) is 6. The fraction of sp³-hybridized carbons (Fsp3) is 0.357. The number of nitrogens with one attached hydrogen (secondary N) is 1. The Labute approximate surface area is 127 Å². The van der Waals surface area contributed by atoms with E-state index in [1.54, 1.807) is 32.4 Å². The number of aromatic nitrogens is 2. The molecule has 0 aliphatic rings. The third-order valence-corrected chi connectivity index (χ3v) is 3.84. The molecule has 21 heavy (non-hydrogen) atoms. The monoisotopic (exact) mass is 307 g/mol. The first kappa shape index (κ1) is 15.2. The zero-order valence-electron chi connectivity index (χ0n) is 12.2. The molecule has 0 bridgehead atoms. The van der Waals surface area contributed by atoms with E-state index in [1.165, 1.54) is 11.3 Å². The molecule has 112 valence electrons. The number of rotatable bonds is 6. The van der Waals surface area contributed by atoms with Crippen molar-refractivity contribution in [2.75, 3.05) is 19.5 Å². The minimum atomic E-state index is -0.166. The summed E-state index contributed by atoms with van der Waals surface area (Å²) in [5.41, 5.74) is 0.759. The molecule has 1 aromatic carbocycles. The van der Waals surface area contributed by atoms with Gasteiger partial charge in [0.1, 0.15) is 16.5 Å². The molecule has 0 aliphatic heterocycles. The molecule has 1 aromatic heterocycles. The van der Waals surface area contributed by atoms with Gasteiger partial charge in [0, 0.05) is 5.56 Å². The van der Waals surface area contributed by atoms with Crippen molar-refractivity contribution in [1.29, 1.82) is 0 Å². The Hall–Kier alpha value is -2.15. The van der Waals surface area contributed by atoms with E-state index in [1.807, 2.05) is 6.92 Å². The number of anilines is 1. The number of amides is 1. The summed E-state index contributed by atoms with van der Waals surface area (Å²) in [5, 5.41) is 12.0. The number of aryl methyl sites for hydroxylation is 1. The number of methoxy groups -OCH3 is 2. The molecule has 2 aromatic rings. The number of carbonyl (C=O) groups excluding carboxylic acids is 1. The molecular weight excluding hydrogens is 290 g/mol. The maximum absolute atomic E-state index is 12.1. The first-order valence-corrected chi connectivity index (χ1v) is 7.31. The number of carbonyl (C=O) groups is 1. The first-order valence-electron chi connectivity index (χ1n) is 6.49. The summed E-state index contributed by atoms with van der Waals surface area (Å²) in [4.78, 5) is 12.1. The highest BCUT2D eigenvalue weighted by Crippen LogP contribution is 2.25. The lowest BCUT2D eigenvalue weighted by Crippen LogP contribution is -2.14. The molecule has 6 nitrogen and oxygen atoms in total. The summed E-state index contributed by atoms with van der Waals surface area (Å²) < 4.78 is 10.4. The fourth-order valence-corrected chi connectivity index (χ4v) is 2.50. The van der Waals surface area contributed by atoms with Gasteiger partial charge in [-0.15, -0.1) is 10.2 Å². The van der Waals surface area contributed by atoms with Gasteiger partial charge in [0.2, 0.25) is 11.0 Å². The average Bonchev–Trinajstić information content (AvgIpc) is 2.94. The molecule has 7 heteroatoms. The van der Waals surface area contributed by atoms with Gasteiger partial charge < -0.3 is 14.8 Å². The van der Waals surface area contributed by atoms with E-state index in [0.29, 0.717) is 16.6 Å². The van der Waals surface area contributed by atoms with Crippen molar-refractivity contribution in [1.82, 2.24) is 10.2 Å². The van der Waals surface area contributed by atoms with Crippen molar-refractivity contribution >= 4 is 22.4 Å². The lowest BCUT2D eigenvalue weighted by Gasteiger charge is -2.09. The highest BCUT2D eigenvalue weighted by Gasteiger charge is 2.12. The summed E-state index contributed by atoms with van der Waals surface area (Å²) in [5.74, 6) is 1.17. The Bertz CT molecular complexity index is 628. The average molecular weight is 307 g/mol. The molecular formula is C14H17N3O3S. The third-order valence-electron chi connectivity index (χ3n) is 2.85. The minimum Gasteiger partial charge on any atom is -0.497 e. The van der Waals surface area contributed by atoms with E-state index in [4.69, 9.17) is 9.47 Å². The van der Waals surface area contributed by atoms with Crippen LogP contribution in [-0.2, 0) is 17.6 Å². The quantitative estimate of drug-likeness (QED) is 0.886. The molecule has 0 fully saturated rings. The summed E-state index contributed by atoms with van der Waals surface area (Å²) in [7, 11) is 3.15. The molecule has 0 radical (unpaired) electrons. The summed E-state index contributed by atoms with van der Waals surface area (Å²) in [6.07, 6.45) is 0.985. The van der Waals surface area contributed by atoms with Crippen molar-refractivity contribution in [2.24, 2.45) is 0 Å². The van der Waals surface area contributed by atoms with Gasteiger partial charge in [0.25, 0.3) is 0 Å². The largest absolute Gasteiger partial charge is 0.497 e. The smallest absolute Gasteiger partial charge is 0.230 e. The topological polar surface area (TPSA) is 73.3 Å². The van der Waals surface area contributed by atoms with Crippen molar-refractivity contribution < 1.29 is 14.3 Å². The number of nitrogens with zero attached hydrogens (tertiary/aromatic N) is 2. The van der Waals surface area contributed by atoms with Crippen molar-refractivity contribution in [3.8, 4) is 11.5 Å². The molecule has 0 saturated heterocycles. The van der Waals surface area contributed by atoms with E-state index in [9.17, 15) is 4.79 Å². The highest BCUT2D eigenvalue weighted by molar-refractivity contribution is 7.15. The second kappa shape index (κ2) is 7.03. The van der Waals surface area contributed by atoms with Gasteiger partial charge >= 0.3 is 0 Å². The lowest BCUT2D eigenvalue weighted by molar-refractivity contribution is -0.115. The molecule has 1 amide bonds. The predicted molar refractivity (Wildman–Crippen MR) is 81.2 cm³/mol. The minimum absolute atomic E-state index is 0.166. The Morgan fingerprint density at radius 3 is 2.71 bits per heavy atom. The van der Waals surface area contributed by atoms with Crippen LogP contribution in [0.3, 0.4) is 0 Å². The number of benzene rings is 1. The molecule has 1 N–H and O–H groups in total. The van der Waals surface area contributed by atoms with Crippen molar-refractivity contribution in [2.45, 2.75) is 19.8 Å². The maximum Gasteiger partial charge on any atom is 0.230 e. The zero-order valence-corrected chi connectivity index (χ0v) is 13.0. The van der Waals surface area contributed by atoms with Gasteiger partial charge in [-0.2, -0.15) is 0 Å². The molecule has 1 heterocycles. The third kappa shape index (κ3) is 3.91. The second-order valence-corrected chi connectivity index (χ2v) is 5.32. The van der Waals surface area contributed by atoms with E-state index in [2.05, 4.69) is 15.5 Å². The zero-order chi connectivity index (χ0) is 15.2. The van der Waals surface area contributed by atoms with Crippen LogP contribution in [0.15, 0.2) is 18.2 Å².